The first-order valence-corrected chi connectivity index (χ1v) is 17.6. The number of hydrogen-bond donors (Lipinski definition) is 0. The summed E-state index contributed by atoms with van der Waals surface area (Å²) in [6.45, 7) is 0. The van der Waals surface area contributed by atoms with E-state index in [2.05, 4.69) is 0 Å². The highest BCUT2D eigenvalue weighted by atomic mass is 31.2. The molecule has 0 heterocycles. The number of rotatable bonds is 11. The molecule has 0 aromatic heterocycles. The van der Waals surface area contributed by atoms with E-state index in [0.717, 1.165) is 33.4 Å². The third kappa shape index (κ3) is 5.34. The highest BCUT2D eigenvalue weighted by molar-refractivity contribution is 7.68. The molecule has 6 aromatic carbocycles. The normalized spacial score (nSPS) is 12.0. The SMILES string of the molecule is CON(C)C(=O)CP(=O)(C(c1ccccc1)(c1ccccc1)c1ccccc1)C(c1ccccc1)(c1ccccc1)c1ccccc1. The summed E-state index contributed by atoms with van der Waals surface area (Å²) in [7, 11) is -1.09. The van der Waals surface area contributed by atoms with Gasteiger partial charge in [-0.3, -0.25) is 9.63 Å². The van der Waals surface area contributed by atoms with Crippen LogP contribution in [-0.2, 0) is 24.5 Å². The summed E-state index contributed by atoms with van der Waals surface area (Å²) in [6.07, 6.45) is -0.297. The number of carbonyl (C=O) groups excluding carboxylic acids is 1. The first kappa shape index (κ1) is 31.9. The Morgan fingerprint density at radius 1 is 0.489 bits per heavy atom. The fourth-order valence-electron chi connectivity index (χ4n) is 7.21. The maximum absolute atomic E-state index is 18.0. The molecule has 1 amide bonds. The fourth-order valence-corrected chi connectivity index (χ4v) is 12.2. The number of hydroxylamine groups is 2. The molecule has 234 valence electrons. The van der Waals surface area contributed by atoms with E-state index in [1.54, 1.807) is 7.05 Å². The smallest absolute Gasteiger partial charge is 0.253 e. The zero-order valence-electron chi connectivity index (χ0n) is 26.6. The third-order valence-corrected chi connectivity index (χ3v) is 13.6. The van der Waals surface area contributed by atoms with E-state index in [4.69, 9.17) is 4.84 Å². The Morgan fingerprint density at radius 2 is 0.702 bits per heavy atom. The Hall–Kier alpha value is -5.02. The molecular formula is C42H38NO3P. The van der Waals surface area contributed by atoms with E-state index in [0.29, 0.717) is 0 Å². The highest BCUT2D eigenvalue weighted by Crippen LogP contribution is 2.81. The predicted octanol–water partition coefficient (Wildman–Crippen LogP) is 9.35. The lowest BCUT2D eigenvalue weighted by Crippen LogP contribution is -2.45. The van der Waals surface area contributed by atoms with E-state index in [9.17, 15) is 4.79 Å². The number of benzene rings is 6. The van der Waals surface area contributed by atoms with Gasteiger partial charge in [0.25, 0.3) is 5.91 Å². The van der Waals surface area contributed by atoms with Crippen molar-refractivity contribution >= 4 is 13.0 Å². The molecule has 6 rings (SSSR count). The van der Waals surface area contributed by atoms with Gasteiger partial charge < -0.3 is 4.57 Å². The number of hydrogen-bond acceptors (Lipinski definition) is 3. The monoisotopic (exact) mass is 635 g/mol. The van der Waals surface area contributed by atoms with Gasteiger partial charge in [0.2, 0.25) is 0 Å². The van der Waals surface area contributed by atoms with Crippen molar-refractivity contribution in [1.82, 2.24) is 5.06 Å². The third-order valence-electron chi connectivity index (χ3n) is 9.22. The minimum Gasteiger partial charge on any atom is -0.320 e. The van der Waals surface area contributed by atoms with E-state index < -0.39 is 17.5 Å². The molecule has 6 aromatic rings. The van der Waals surface area contributed by atoms with Crippen molar-refractivity contribution in [3.63, 3.8) is 0 Å². The van der Waals surface area contributed by atoms with E-state index in [1.807, 2.05) is 182 Å². The van der Waals surface area contributed by atoms with Gasteiger partial charge >= 0.3 is 0 Å². The first-order valence-electron chi connectivity index (χ1n) is 15.7. The maximum atomic E-state index is 18.0. The second-order valence-corrected chi connectivity index (χ2v) is 14.7. The standard InChI is InChI=1S/C42H38NO3P/c1-43(46-2)40(44)33-47(45,41(34-21-9-3-10-22-34,35-23-11-4-12-24-35)36-25-13-5-14-26-36)42(37-27-15-6-16-28-37,38-29-17-7-18-30-38)39-31-19-8-20-32-39/h3-32H,33H2,1-2H3. The molecule has 0 aliphatic carbocycles. The van der Waals surface area contributed by atoms with Gasteiger partial charge in [0, 0.05) is 7.05 Å². The van der Waals surface area contributed by atoms with Gasteiger partial charge in [-0.05, 0) is 33.4 Å². The molecular weight excluding hydrogens is 597 g/mol. The predicted molar refractivity (Wildman–Crippen MR) is 191 cm³/mol. The van der Waals surface area contributed by atoms with Crippen LogP contribution < -0.4 is 0 Å². The highest BCUT2D eigenvalue weighted by Gasteiger charge is 2.65. The Morgan fingerprint density at radius 3 is 0.894 bits per heavy atom. The van der Waals surface area contributed by atoms with Crippen molar-refractivity contribution in [2.75, 3.05) is 20.3 Å². The van der Waals surface area contributed by atoms with Gasteiger partial charge in [-0.15, -0.1) is 0 Å². The summed E-state index contributed by atoms with van der Waals surface area (Å²) < 4.78 is 18.0. The summed E-state index contributed by atoms with van der Waals surface area (Å²) in [5.74, 6) is -0.379. The van der Waals surface area contributed by atoms with Crippen molar-refractivity contribution in [2.24, 2.45) is 0 Å². The van der Waals surface area contributed by atoms with Crippen LogP contribution in [0.1, 0.15) is 33.4 Å². The van der Waals surface area contributed by atoms with Crippen LogP contribution in [0.2, 0.25) is 0 Å². The second-order valence-electron chi connectivity index (χ2n) is 11.6. The van der Waals surface area contributed by atoms with Gasteiger partial charge in [0.05, 0.1) is 13.3 Å². The van der Waals surface area contributed by atoms with Crippen molar-refractivity contribution < 1.29 is 14.2 Å². The molecule has 0 atom stereocenters. The molecule has 0 saturated carbocycles. The van der Waals surface area contributed by atoms with Gasteiger partial charge in [0.1, 0.15) is 17.5 Å². The lowest BCUT2D eigenvalue weighted by molar-refractivity contribution is -0.165. The van der Waals surface area contributed by atoms with Gasteiger partial charge in [0.15, 0.2) is 0 Å². The van der Waals surface area contributed by atoms with Crippen LogP contribution in [0.3, 0.4) is 0 Å². The van der Waals surface area contributed by atoms with Crippen LogP contribution in [0.15, 0.2) is 182 Å². The van der Waals surface area contributed by atoms with Crippen LogP contribution in [-0.4, -0.2) is 31.3 Å². The molecule has 0 fully saturated rings. The molecule has 0 bridgehead atoms. The zero-order valence-corrected chi connectivity index (χ0v) is 27.5. The number of carbonyl (C=O) groups is 1. The summed E-state index contributed by atoms with van der Waals surface area (Å²) >= 11 is 0. The Balaban J connectivity index is 1.93. The molecule has 5 heteroatoms. The number of amides is 1. The second kappa shape index (κ2) is 13.8. The van der Waals surface area contributed by atoms with Crippen LogP contribution in [0, 0.1) is 0 Å². The Bertz CT molecular complexity index is 1610. The molecule has 0 N–H and O–H groups in total. The first-order chi connectivity index (χ1) is 23.0. The zero-order chi connectivity index (χ0) is 32.7. The average molecular weight is 636 g/mol. The van der Waals surface area contributed by atoms with Gasteiger partial charge in [-0.25, -0.2) is 5.06 Å². The molecule has 0 spiro atoms. The van der Waals surface area contributed by atoms with Crippen molar-refractivity contribution in [2.45, 2.75) is 10.3 Å². The quantitative estimate of drug-likeness (QED) is 0.0810. The molecule has 0 radical (unpaired) electrons. The molecule has 0 aliphatic heterocycles. The Labute approximate surface area is 277 Å². The summed E-state index contributed by atoms with van der Waals surface area (Å²) in [5.41, 5.74) is 5.00. The van der Waals surface area contributed by atoms with Crippen LogP contribution in [0.5, 0.6) is 0 Å². The number of nitrogens with zero attached hydrogens (tertiary/aromatic N) is 1. The molecule has 0 saturated heterocycles. The Kier molecular flexibility index (Phi) is 9.36. The molecule has 0 unspecified atom stereocenters. The fraction of sp³-hybridized carbons (Fsp3) is 0.119. The maximum Gasteiger partial charge on any atom is 0.253 e. The lowest BCUT2D eigenvalue weighted by atomic mass is 9.82. The summed E-state index contributed by atoms with van der Waals surface area (Å²) in [5, 5.41) is -1.41. The van der Waals surface area contributed by atoms with E-state index in [-0.39, 0.29) is 12.1 Å². The van der Waals surface area contributed by atoms with Crippen molar-refractivity contribution in [3.05, 3.63) is 215 Å². The van der Waals surface area contributed by atoms with Crippen LogP contribution in [0.25, 0.3) is 0 Å². The largest absolute Gasteiger partial charge is 0.320 e. The minimum atomic E-state index is -4.13. The summed E-state index contributed by atoms with van der Waals surface area (Å²) in [6, 6.07) is 60.2. The van der Waals surface area contributed by atoms with Crippen molar-refractivity contribution in [1.29, 1.82) is 0 Å². The van der Waals surface area contributed by atoms with Gasteiger partial charge in [-0.2, -0.15) is 0 Å². The summed E-state index contributed by atoms with van der Waals surface area (Å²) in [4.78, 5) is 20.0. The van der Waals surface area contributed by atoms with Crippen LogP contribution in [0.4, 0.5) is 0 Å². The van der Waals surface area contributed by atoms with Crippen LogP contribution >= 0.6 is 7.14 Å². The van der Waals surface area contributed by atoms with E-state index >= 15 is 4.57 Å². The lowest BCUT2D eigenvalue weighted by Gasteiger charge is -2.53. The van der Waals surface area contributed by atoms with Crippen molar-refractivity contribution in [3.8, 4) is 0 Å². The molecule has 0 aliphatic rings. The van der Waals surface area contributed by atoms with Gasteiger partial charge in [-0.1, -0.05) is 182 Å². The molecule has 47 heavy (non-hydrogen) atoms. The van der Waals surface area contributed by atoms with E-state index in [1.165, 1.54) is 12.2 Å². The topological polar surface area (TPSA) is 46.6 Å². The minimum absolute atomic E-state index is 0.297. The molecule has 4 nitrogen and oxygen atoms in total. The average Bonchev–Trinajstić information content (AvgIpc) is 3.14.